The lowest BCUT2D eigenvalue weighted by Crippen LogP contribution is -2.28. The molecule has 2 aromatic heterocycles. The van der Waals surface area contributed by atoms with E-state index in [1.807, 2.05) is 23.6 Å². The van der Waals surface area contributed by atoms with Gasteiger partial charge in [0.2, 0.25) is 0 Å². The largest absolute Gasteiger partial charge is 0.271 e. The Kier molecular flexibility index (Phi) is 2.83. The fourth-order valence-electron chi connectivity index (χ4n) is 1.28. The molecule has 0 aromatic carbocycles. The summed E-state index contributed by atoms with van der Waals surface area (Å²) < 4.78 is 4.24. The third kappa shape index (κ3) is 1.79. The van der Waals surface area contributed by atoms with Crippen LogP contribution in [-0.2, 0) is 0 Å². The minimum atomic E-state index is -0.0516. The van der Waals surface area contributed by atoms with Gasteiger partial charge in [-0.1, -0.05) is 0 Å². The first kappa shape index (κ1) is 9.26. The number of hydrogen-bond acceptors (Lipinski definition) is 5. The van der Waals surface area contributed by atoms with Crippen LogP contribution in [0.4, 0.5) is 0 Å². The SMILES string of the molecule is NNC(c1ccncc1)c1ccsn1. The van der Waals surface area contributed by atoms with E-state index in [-0.39, 0.29) is 6.04 Å². The second-order valence-electron chi connectivity index (χ2n) is 2.80. The maximum atomic E-state index is 5.49. The zero-order chi connectivity index (χ0) is 9.80. The summed E-state index contributed by atoms with van der Waals surface area (Å²) in [6, 6.07) is 5.74. The average molecular weight is 206 g/mol. The molecule has 3 N–H and O–H groups in total. The highest BCUT2D eigenvalue weighted by Crippen LogP contribution is 2.19. The van der Waals surface area contributed by atoms with Gasteiger partial charge in [0.15, 0.2) is 0 Å². The van der Waals surface area contributed by atoms with Crippen molar-refractivity contribution in [1.82, 2.24) is 14.8 Å². The highest BCUT2D eigenvalue weighted by Gasteiger charge is 2.13. The van der Waals surface area contributed by atoms with Gasteiger partial charge in [0.05, 0.1) is 11.7 Å². The van der Waals surface area contributed by atoms with Crippen LogP contribution >= 0.6 is 11.5 Å². The Labute approximate surface area is 85.9 Å². The summed E-state index contributed by atoms with van der Waals surface area (Å²) in [4.78, 5) is 3.96. The number of nitrogens with two attached hydrogens (primary N) is 1. The second-order valence-corrected chi connectivity index (χ2v) is 3.47. The molecule has 0 saturated carbocycles. The van der Waals surface area contributed by atoms with Gasteiger partial charge in [-0.05, 0) is 35.3 Å². The fraction of sp³-hybridized carbons (Fsp3) is 0.111. The van der Waals surface area contributed by atoms with E-state index in [2.05, 4.69) is 14.8 Å². The summed E-state index contributed by atoms with van der Waals surface area (Å²) in [5.74, 6) is 5.49. The Bertz CT molecular complexity index is 373. The monoisotopic (exact) mass is 206 g/mol. The normalized spacial score (nSPS) is 12.6. The predicted molar refractivity (Wildman–Crippen MR) is 55.5 cm³/mol. The molecule has 0 saturated heterocycles. The van der Waals surface area contributed by atoms with E-state index in [1.54, 1.807) is 12.4 Å². The first-order valence-electron chi connectivity index (χ1n) is 4.18. The maximum Gasteiger partial charge on any atom is 0.0893 e. The van der Waals surface area contributed by atoms with E-state index in [1.165, 1.54) is 11.5 Å². The van der Waals surface area contributed by atoms with Gasteiger partial charge in [-0.25, -0.2) is 5.43 Å². The third-order valence-electron chi connectivity index (χ3n) is 1.96. The summed E-state index contributed by atoms with van der Waals surface area (Å²) in [5.41, 5.74) is 4.73. The van der Waals surface area contributed by atoms with Gasteiger partial charge in [0.25, 0.3) is 0 Å². The molecule has 4 nitrogen and oxygen atoms in total. The Morgan fingerprint density at radius 2 is 2.07 bits per heavy atom. The number of hydrazine groups is 1. The van der Waals surface area contributed by atoms with Gasteiger partial charge in [-0.2, -0.15) is 4.37 Å². The van der Waals surface area contributed by atoms with Crippen molar-refractivity contribution in [2.45, 2.75) is 6.04 Å². The van der Waals surface area contributed by atoms with Crippen molar-refractivity contribution in [2.75, 3.05) is 0 Å². The van der Waals surface area contributed by atoms with Crippen LogP contribution in [0.15, 0.2) is 36.0 Å². The van der Waals surface area contributed by atoms with Crippen molar-refractivity contribution in [1.29, 1.82) is 0 Å². The van der Waals surface area contributed by atoms with Gasteiger partial charge >= 0.3 is 0 Å². The summed E-state index contributed by atoms with van der Waals surface area (Å²) in [6.45, 7) is 0. The molecule has 0 aliphatic heterocycles. The Morgan fingerprint density at radius 1 is 1.29 bits per heavy atom. The van der Waals surface area contributed by atoms with Crippen molar-refractivity contribution in [3.63, 3.8) is 0 Å². The van der Waals surface area contributed by atoms with Gasteiger partial charge in [-0.15, -0.1) is 0 Å². The van der Waals surface area contributed by atoms with Gasteiger partial charge in [0, 0.05) is 17.8 Å². The van der Waals surface area contributed by atoms with Crippen molar-refractivity contribution in [3.8, 4) is 0 Å². The number of nitrogens with one attached hydrogen (secondary N) is 1. The molecular weight excluding hydrogens is 196 g/mol. The third-order valence-corrected chi connectivity index (χ3v) is 2.53. The molecule has 5 heteroatoms. The molecule has 0 aliphatic carbocycles. The van der Waals surface area contributed by atoms with E-state index in [0.29, 0.717) is 0 Å². The lowest BCUT2D eigenvalue weighted by Gasteiger charge is -2.12. The van der Waals surface area contributed by atoms with Crippen LogP contribution in [-0.4, -0.2) is 9.36 Å². The summed E-state index contributed by atoms with van der Waals surface area (Å²) >= 11 is 1.42. The number of nitrogens with zero attached hydrogens (tertiary/aromatic N) is 2. The fourth-order valence-corrected chi connectivity index (χ4v) is 1.83. The van der Waals surface area contributed by atoms with Crippen LogP contribution in [0.2, 0.25) is 0 Å². The number of aromatic nitrogens is 2. The highest BCUT2D eigenvalue weighted by atomic mass is 32.1. The Morgan fingerprint density at radius 3 is 2.64 bits per heavy atom. The predicted octanol–water partition coefficient (Wildman–Crippen LogP) is 1.09. The molecule has 2 rings (SSSR count). The Hall–Kier alpha value is -1.30. The highest BCUT2D eigenvalue weighted by molar-refractivity contribution is 7.03. The molecular formula is C9H10N4S. The van der Waals surface area contributed by atoms with Crippen molar-refractivity contribution in [2.24, 2.45) is 5.84 Å². The summed E-state index contributed by atoms with van der Waals surface area (Å²) in [6.07, 6.45) is 3.48. The first-order valence-corrected chi connectivity index (χ1v) is 5.02. The zero-order valence-electron chi connectivity index (χ0n) is 7.42. The minimum absolute atomic E-state index is 0.0516. The number of rotatable bonds is 3. The van der Waals surface area contributed by atoms with Gasteiger partial charge in [0.1, 0.15) is 0 Å². The lowest BCUT2D eigenvalue weighted by molar-refractivity contribution is 0.625. The molecule has 0 amide bonds. The van der Waals surface area contributed by atoms with Gasteiger partial charge < -0.3 is 0 Å². The van der Waals surface area contributed by atoms with E-state index < -0.39 is 0 Å². The van der Waals surface area contributed by atoms with E-state index >= 15 is 0 Å². The van der Waals surface area contributed by atoms with Crippen LogP contribution in [0, 0.1) is 0 Å². The molecule has 2 aromatic rings. The molecule has 0 bridgehead atoms. The van der Waals surface area contributed by atoms with E-state index in [9.17, 15) is 0 Å². The van der Waals surface area contributed by atoms with Crippen LogP contribution in [0.3, 0.4) is 0 Å². The van der Waals surface area contributed by atoms with Gasteiger partial charge in [-0.3, -0.25) is 10.8 Å². The second kappa shape index (κ2) is 4.28. The molecule has 1 atom stereocenters. The molecule has 0 spiro atoms. The van der Waals surface area contributed by atoms with Crippen molar-refractivity contribution >= 4 is 11.5 Å². The summed E-state index contributed by atoms with van der Waals surface area (Å²) in [7, 11) is 0. The van der Waals surface area contributed by atoms with Crippen LogP contribution in [0.5, 0.6) is 0 Å². The van der Waals surface area contributed by atoms with Crippen molar-refractivity contribution < 1.29 is 0 Å². The first-order chi connectivity index (χ1) is 6.92. The lowest BCUT2D eigenvalue weighted by atomic mass is 10.1. The molecule has 0 radical (unpaired) electrons. The molecule has 1 unspecified atom stereocenters. The molecule has 2 heterocycles. The maximum absolute atomic E-state index is 5.49. The molecule has 0 fully saturated rings. The zero-order valence-corrected chi connectivity index (χ0v) is 8.24. The van der Waals surface area contributed by atoms with Crippen LogP contribution in [0.25, 0.3) is 0 Å². The van der Waals surface area contributed by atoms with E-state index in [0.717, 1.165) is 11.3 Å². The number of pyridine rings is 1. The molecule has 0 aliphatic rings. The van der Waals surface area contributed by atoms with Crippen molar-refractivity contribution in [3.05, 3.63) is 47.2 Å². The quantitative estimate of drug-likeness (QED) is 0.583. The van der Waals surface area contributed by atoms with Crippen LogP contribution in [0.1, 0.15) is 17.3 Å². The summed E-state index contributed by atoms with van der Waals surface area (Å²) in [5, 5.41) is 1.93. The van der Waals surface area contributed by atoms with E-state index in [4.69, 9.17) is 5.84 Å². The molecule has 14 heavy (non-hydrogen) atoms. The minimum Gasteiger partial charge on any atom is -0.271 e. The smallest absolute Gasteiger partial charge is 0.0893 e. The topological polar surface area (TPSA) is 63.8 Å². The number of hydrogen-bond donors (Lipinski definition) is 2. The Balaban J connectivity index is 2.31. The molecule has 72 valence electrons. The average Bonchev–Trinajstić information content (AvgIpc) is 2.74. The van der Waals surface area contributed by atoms with Crippen LogP contribution < -0.4 is 11.3 Å². The standard InChI is InChI=1S/C9H10N4S/c10-12-9(8-3-6-14-13-8)7-1-4-11-5-2-7/h1-6,9,12H,10H2.